The molecule has 3 fully saturated rings. The first-order valence-electron chi connectivity index (χ1n) is 7.63. The Morgan fingerprint density at radius 1 is 1.43 bits per heavy atom. The molecule has 2 atom stereocenters. The van der Waals surface area contributed by atoms with Crippen molar-refractivity contribution in [1.29, 1.82) is 0 Å². The van der Waals surface area contributed by atoms with E-state index >= 15 is 0 Å². The molecule has 6 nitrogen and oxygen atoms in total. The molecule has 6 heteroatoms. The maximum atomic E-state index is 12.5. The number of carbonyl (C=O) groups excluding carboxylic acids is 2. The van der Waals surface area contributed by atoms with Crippen LogP contribution in [0.3, 0.4) is 0 Å². The number of carbonyl (C=O) groups is 2. The van der Waals surface area contributed by atoms with Crippen LogP contribution in [0.2, 0.25) is 0 Å². The van der Waals surface area contributed by atoms with Crippen molar-refractivity contribution in [2.75, 3.05) is 19.6 Å². The van der Waals surface area contributed by atoms with Crippen molar-refractivity contribution < 1.29 is 14.1 Å². The lowest BCUT2D eigenvalue weighted by Crippen LogP contribution is -2.48. The summed E-state index contributed by atoms with van der Waals surface area (Å²) in [7, 11) is 0. The lowest BCUT2D eigenvalue weighted by molar-refractivity contribution is -0.139. The van der Waals surface area contributed by atoms with Gasteiger partial charge in [-0.1, -0.05) is 12.1 Å². The molecule has 4 heterocycles. The molecule has 2 bridgehead atoms. The molecule has 1 aromatic heterocycles. The highest BCUT2D eigenvalue weighted by molar-refractivity contribution is 5.93. The smallest absolute Gasteiger partial charge is 0.276 e. The number of hydrogen-bond acceptors (Lipinski definition) is 4. The van der Waals surface area contributed by atoms with Gasteiger partial charge in [0.25, 0.3) is 5.91 Å². The van der Waals surface area contributed by atoms with Crippen LogP contribution in [-0.2, 0) is 4.79 Å². The minimum absolute atomic E-state index is 0.0627. The van der Waals surface area contributed by atoms with Gasteiger partial charge in [0, 0.05) is 31.7 Å². The maximum Gasteiger partial charge on any atom is 0.276 e. The second-order valence-electron chi connectivity index (χ2n) is 5.99. The van der Waals surface area contributed by atoms with Crippen molar-refractivity contribution in [2.45, 2.75) is 39.2 Å². The fraction of sp³-hybridized carbons (Fsp3) is 0.667. The van der Waals surface area contributed by atoms with E-state index in [1.54, 1.807) is 17.9 Å². The fourth-order valence-electron chi connectivity index (χ4n) is 3.37. The number of amides is 2. The second-order valence-corrected chi connectivity index (χ2v) is 5.99. The van der Waals surface area contributed by atoms with Crippen molar-refractivity contribution in [3.63, 3.8) is 0 Å². The quantitative estimate of drug-likeness (QED) is 0.845. The van der Waals surface area contributed by atoms with Gasteiger partial charge in [-0.3, -0.25) is 9.59 Å². The van der Waals surface area contributed by atoms with Gasteiger partial charge >= 0.3 is 0 Å². The Labute approximate surface area is 124 Å². The average Bonchev–Trinajstić information content (AvgIpc) is 2.72. The Kier molecular flexibility index (Phi) is 3.69. The van der Waals surface area contributed by atoms with Gasteiger partial charge in [0.2, 0.25) is 5.91 Å². The molecule has 0 radical (unpaired) electrons. The summed E-state index contributed by atoms with van der Waals surface area (Å²) >= 11 is 0. The minimum Gasteiger partial charge on any atom is -0.361 e. The average molecular weight is 291 g/mol. The molecule has 21 heavy (non-hydrogen) atoms. The first-order valence-corrected chi connectivity index (χ1v) is 7.63. The largest absolute Gasteiger partial charge is 0.361 e. The number of fused-ring (bicyclic) bond motifs is 4. The Morgan fingerprint density at radius 3 is 2.90 bits per heavy atom. The van der Waals surface area contributed by atoms with E-state index < -0.39 is 0 Å². The number of aromatic nitrogens is 1. The SMILES string of the molecule is CCCN1C(=O)[C@@H]2CC[C@H]1CN(C(=O)c1cc(C)on1)C2. The number of rotatable bonds is 3. The first-order chi connectivity index (χ1) is 10.1. The van der Waals surface area contributed by atoms with Gasteiger partial charge in [-0.05, 0) is 26.2 Å². The summed E-state index contributed by atoms with van der Waals surface area (Å²) in [5.41, 5.74) is 0.336. The number of piperidine rings is 1. The topological polar surface area (TPSA) is 66.7 Å². The molecule has 0 N–H and O–H groups in total. The van der Waals surface area contributed by atoms with Crippen molar-refractivity contribution in [3.05, 3.63) is 17.5 Å². The van der Waals surface area contributed by atoms with Gasteiger partial charge < -0.3 is 14.3 Å². The van der Waals surface area contributed by atoms with Crippen molar-refractivity contribution in [2.24, 2.45) is 5.92 Å². The third kappa shape index (κ3) is 2.54. The third-order valence-corrected chi connectivity index (χ3v) is 4.39. The van der Waals surface area contributed by atoms with Crippen LogP contribution in [0, 0.1) is 12.8 Å². The van der Waals surface area contributed by atoms with E-state index in [9.17, 15) is 9.59 Å². The highest BCUT2D eigenvalue weighted by atomic mass is 16.5. The highest BCUT2D eigenvalue weighted by Gasteiger charge is 2.41. The predicted molar refractivity (Wildman–Crippen MR) is 75.7 cm³/mol. The van der Waals surface area contributed by atoms with Crippen LogP contribution in [0.4, 0.5) is 0 Å². The normalized spacial score (nSPS) is 25.3. The van der Waals surface area contributed by atoms with Crippen molar-refractivity contribution in [1.82, 2.24) is 15.0 Å². The van der Waals surface area contributed by atoms with Gasteiger partial charge in [-0.2, -0.15) is 0 Å². The van der Waals surface area contributed by atoms with Gasteiger partial charge in [0.05, 0.1) is 5.92 Å². The number of aryl methyl sites for hydroxylation is 1. The highest BCUT2D eigenvalue weighted by Crippen LogP contribution is 2.29. The van der Waals surface area contributed by atoms with Gasteiger partial charge in [0.15, 0.2) is 5.69 Å². The van der Waals surface area contributed by atoms with E-state index in [0.29, 0.717) is 24.5 Å². The molecule has 114 valence electrons. The second kappa shape index (κ2) is 5.50. The Balaban J connectivity index is 1.80. The number of nitrogens with zero attached hydrogens (tertiary/aromatic N) is 3. The van der Waals surface area contributed by atoms with Gasteiger partial charge in [-0.25, -0.2) is 0 Å². The van der Waals surface area contributed by atoms with Gasteiger partial charge in [0.1, 0.15) is 5.76 Å². The molecule has 0 aliphatic carbocycles. The van der Waals surface area contributed by atoms with Crippen LogP contribution < -0.4 is 0 Å². The van der Waals surface area contributed by atoms with Crippen LogP contribution in [0.1, 0.15) is 42.4 Å². The van der Waals surface area contributed by atoms with Crippen molar-refractivity contribution in [3.8, 4) is 0 Å². The summed E-state index contributed by atoms with van der Waals surface area (Å²) in [6, 6.07) is 1.80. The molecule has 3 saturated heterocycles. The lowest BCUT2D eigenvalue weighted by atomic mass is 9.94. The van der Waals surface area contributed by atoms with Crippen molar-refractivity contribution >= 4 is 11.8 Å². The van der Waals surface area contributed by atoms with E-state index in [4.69, 9.17) is 4.52 Å². The molecule has 0 unspecified atom stereocenters. The Hall–Kier alpha value is -1.85. The van der Waals surface area contributed by atoms with Crippen LogP contribution in [0.25, 0.3) is 0 Å². The summed E-state index contributed by atoms with van der Waals surface area (Å²) in [4.78, 5) is 28.7. The first kappa shape index (κ1) is 14.1. The summed E-state index contributed by atoms with van der Waals surface area (Å²) in [5.74, 6) is 0.640. The zero-order valence-corrected chi connectivity index (χ0v) is 12.5. The summed E-state index contributed by atoms with van der Waals surface area (Å²) in [6.45, 7) is 5.73. The summed E-state index contributed by atoms with van der Waals surface area (Å²) < 4.78 is 4.98. The van der Waals surface area contributed by atoms with E-state index in [2.05, 4.69) is 12.1 Å². The molecule has 1 aromatic rings. The van der Waals surface area contributed by atoms with Crippen LogP contribution >= 0.6 is 0 Å². The van der Waals surface area contributed by atoms with Crippen LogP contribution in [0.15, 0.2) is 10.6 Å². The Morgan fingerprint density at radius 2 is 2.24 bits per heavy atom. The van der Waals surface area contributed by atoms with E-state index in [1.165, 1.54) is 0 Å². The van der Waals surface area contributed by atoms with Gasteiger partial charge in [-0.15, -0.1) is 0 Å². The molecular formula is C15H21N3O3. The van der Waals surface area contributed by atoms with E-state index in [1.807, 2.05) is 4.90 Å². The maximum absolute atomic E-state index is 12.5. The number of hydrogen-bond donors (Lipinski definition) is 0. The molecule has 0 saturated carbocycles. The molecule has 3 aliphatic heterocycles. The standard InChI is InChI=1S/C15H21N3O3/c1-3-6-18-12-5-4-11(14(18)19)8-17(9-12)15(20)13-7-10(2)21-16-13/h7,11-12H,3-6,8-9H2,1-2H3/t11-,12+/m1/s1. The molecule has 4 rings (SSSR count). The monoisotopic (exact) mass is 291 g/mol. The van der Waals surface area contributed by atoms with Crippen LogP contribution in [-0.4, -0.2) is 52.4 Å². The van der Waals surface area contributed by atoms with E-state index in [-0.39, 0.29) is 23.8 Å². The Bertz CT molecular complexity index is 554. The molecule has 0 aromatic carbocycles. The predicted octanol–water partition coefficient (Wildman–Crippen LogP) is 1.46. The zero-order valence-electron chi connectivity index (χ0n) is 12.5. The van der Waals surface area contributed by atoms with Crippen LogP contribution in [0.5, 0.6) is 0 Å². The lowest BCUT2D eigenvalue weighted by Gasteiger charge is -2.35. The molecule has 2 amide bonds. The molecule has 0 spiro atoms. The van der Waals surface area contributed by atoms with E-state index in [0.717, 1.165) is 25.8 Å². The molecule has 3 aliphatic rings. The third-order valence-electron chi connectivity index (χ3n) is 4.39. The zero-order chi connectivity index (χ0) is 15.0. The molecular weight excluding hydrogens is 270 g/mol. The summed E-state index contributed by atoms with van der Waals surface area (Å²) in [5, 5.41) is 3.80. The minimum atomic E-state index is -0.130. The fourth-order valence-corrected chi connectivity index (χ4v) is 3.37. The summed E-state index contributed by atoms with van der Waals surface area (Å²) in [6.07, 6.45) is 2.81.